The second-order valence-electron chi connectivity index (χ2n) is 6.02. The minimum Gasteiger partial charge on any atom is -0.360 e. The average molecular weight is 327 g/mol. The van der Waals surface area contributed by atoms with Crippen LogP contribution in [0.25, 0.3) is 22.4 Å². The van der Waals surface area contributed by atoms with Crippen molar-refractivity contribution in [1.29, 1.82) is 10.5 Å². The van der Waals surface area contributed by atoms with Crippen molar-refractivity contribution in [2.24, 2.45) is 0 Å². The number of nitriles is 2. The highest BCUT2D eigenvalue weighted by atomic mass is 14.9. The van der Waals surface area contributed by atoms with Crippen LogP contribution in [-0.4, -0.2) is 9.97 Å². The molecule has 0 atom stereocenters. The van der Waals surface area contributed by atoms with Crippen molar-refractivity contribution in [3.63, 3.8) is 0 Å². The van der Waals surface area contributed by atoms with E-state index in [2.05, 4.69) is 41.3 Å². The molecule has 0 unspecified atom stereocenters. The molecule has 25 heavy (non-hydrogen) atoms. The second kappa shape index (κ2) is 6.90. The lowest BCUT2D eigenvalue weighted by Gasteiger charge is -2.03. The van der Waals surface area contributed by atoms with E-state index in [1.54, 1.807) is 0 Å². The average Bonchev–Trinajstić information content (AvgIpc) is 3.06. The van der Waals surface area contributed by atoms with Gasteiger partial charge in [-0.1, -0.05) is 19.9 Å². The molecule has 0 radical (unpaired) electrons. The van der Waals surface area contributed by atoms with Gasteiger partial charge in [-0.25, -0.2) is 4.98 Å². The van der Waals surface area contributed by atoms with Crippen molar-refractivity contribution < 1.29 is 0 Å². The van der Waals surface area contributed by atoms with Gasteiger partial charge in [0.2, 0.25) is 0 Å². The zero-order valence-electron chi connectivity index (χ0n) is 14.0. The molecule has 0 aliphatic heterocycles. The molecule has 2 N–H and O–H groups in total. The number of anilines is 1. The topological polar surface area (TPSA) is 88.3 Å². The summed E-state index contributed by atoms with van der Waals surface area (Å²) in [6, 6.07) is 17.5. The molecule has 0 amide bonds. The van der Waals surface area contributed by atoms with E-state index in [-0.39, 0.29) is 5.57 Å². The quantitative estimate of drug-likeness (QED) is 0.680. The second-order valence-corrected chi connectivity index (χ2v) is 6.02. The Labute approximate surface area is 146 Å². The molecule has 1 heterocycles. The lowest BCUT2D eigenvalue weighted by Crippen LogP contribution is -1.90. The molecule has 0 spiro atoms. The van der Waals surface area contributed by atoms with Crippen LogP contribution in [0.1, 0.15) is 25.3 Å². The highest BCUT2D eigenvalue weighted by Crippen LogP contribution is 2.25. The molecule has 0 aliphatic rings. The summed E-state index contributed by atoms with van der Waals surface area (Å²) in [6.45, 7) is 4.34. The van der Waals surface area contributed by atoms with Crippen LogP contribution in [-0.2, 0) is 0 Å². The first kappa shape index (κ1) is 16.3. The van der Waals surface area contributed by atoms with Crippen molar-refractivity contribution in [3.8, 4) is 23.5 Å². The number of aromatic nitrogens is 2. The lowest BCUT2D eigenvalue weighted by atomic mass is 10.0. The van der Waals surface area contributed by atoms with Crippen molar-refractivity contribution in [3.05, 3.63) is 59.8 Å². The maximum absolute atomic E-state index is 8.73. The molecular weight excluding hydrogens is 310 g/mol. The Kier molecular flexibility index (Phi) is 4.50. The number of hydrogen-bond donors (Lipinski definition) is 2. The van der Waals surface area contributed by atoms with Crippen molar-refractivity contribution in [2.45, 2.75) is 19.8 Å². The Morgan fingerprint density at radius 1 is 1.12 bits per heavy atom. The van der Waals surface area contributed by atoms with E-state index in [0.717, 1.165) is 28.1 Å². The third kappa shape index (κ3) is 3.52. The van der Waals surface area contributed by atoms with Gasteiger partial charge in [0.25, 0.3) is 0 Å². The van der Waals surface area contributed by atoms with Gasteiger partial charge >= 0.3 is 0 Å². The van der Waals surface area contributed by atoms with Crippen molar-refractivity contribution in [2.75, 3.05) is 5.32 Å². The smallest absolute Gasteiger partial charge is 0.145 e. The SMILES string of the molecule is CC(C)c1ccc2nc(-c3ccc(NC=C(C#N)C#N)cc3)[nH]c2c1. The first-order chi connectivity index (χ1) is 12.1. The molecule has 3 aromatic rings. The number of fused-ring (bicyclic) bond motifs is 1. The molecule has 5 nitrogen and oxygen atoms in total. The number of hydrogen-bond acceptors (Lipinski definition) is 4. The monoisotopic (exact) mass is 327 g/mol. The van der Waals surface area contributed by atoms with E-state index in [9.17, 15) is 0 Å². The number of nitrogens with zero attached hydrogens (tertiary/aromatic N) is 3. The maximum atomic E-state index is 8.73. The largest absolute Gasteiger partial charge is 0.360 e. The Hall–Kier alpha value is -3.57. The summed E-state index contributed by atoms with van der Waals surface area (Å²) in [4.78, 5) is 8.01. The van der Waals surface area contributed by atoms with Gasteiger partial charge in [0.15, 0.2) is 0 Å². The minimum absolute atomic E-state index is 0.0299. The van der Waals surface area contributed by atoms with Crippen LogP contribution >= 0.6 is 0 Å². The van der Waals surface area contributed by atoms with Gasteiger partial charge in [-0.15, -0.1) is 0 Å². The van der Waals surface area contributed by atoms with E-state index in [0.29, 0.717) is 5.92 Å². The molecule has 0 saturated carbocycles. The highest BCUT2D eigenvalue weighted by Gasteiger charge is 2.07. The van der Waals surface area contributed by atoms with Crippen LogP contribution in [0.5, 0.6) is 0 Å². The summed E-state index contributed by atoms with van der Waals surface area (Å²) < 4.78 is 0. The first-order valence-corrected chi connectivity index (χ1v) is 7.97. The minimum atomic E-state index is 0.0299. The summed E-state index contributed by atoms with van der Waals surface area (Å²) in [5, 5.41) is 20.4. The molecular formula is C20H17N5. The fourth-order valence-electron chi connectivity index (χ4n) is 2.49. The number of allylic oxidation sites excluding steroid dienone is 1. The van der Waals surface area contributed by atoms with Crippen LogP contribution in [0.2, 0.25) is 0 Å². The van der Waals surface area contributed by atoms with Crippen LogP contribution in [0.4, 0.5) is 5.69 Å². The molecule has 122 valence electrons. The van der Waals surface area contributed by atoms with E-state index in [4.69, 9.17) is 10.5 Å². The molecule has 0 fully saturated rings. The van der Waals surface area contributed by atoms with Crippen LogP contribution in [0, 0.1) is 22.7 Å². The van der Waals surface area contributed by atoms with Gasteiger partial charge in [0.05, 0.1) is 11.0 Å². The zero-order chi connectivity index (χ0) is 17.8. The van der Waals surface area contributed by atoms with Gasteiger partial charge in [-0.05, 0) is 47.9 Å². The zero-order valence-corrected chi connectivity index (χ0v) is 14.0. The summed E-state index contributed by atoms with van der Waals surface area (Å²) in [5.74, 6) is 1.29. The molecule has 0 aliphatic carbocycles. The van der Waals surface area contributed by atoms with Gasteiger partial charge < -0.3 is 10.3 Å². The standard InChI is InChI=1S/C20H17N5/c1-13(2)16-5-8-18-19(9-16)25-20(24-18)15-3-6-17(7-4-15)23-12-14(10-21)11-22/h3-9,12-13,23H,1-2H3,(H,24,25). The number of nitrogens with one attached hydrogen (secondary N) is 2. The number of H-pyrrole nitrogens is 1. The van der Waals surface area contributed by atoms with Crippen molar-refractivity contribution in [1.82, 2.24) is 9.97 Å². The Morgan fingerprint density at radius 3 is 2.48 bits per heavy atom. The van der Waals surface area contributed by atoms with E-state index < -0.39 is 0 Å². The molecule has 0 bridgehead atoms. The van der Waals surface area contributed by atoms with Crippen LogP contribution < -0.4 is 5.32 Å². The Morgan fingerprint density at radius 2 is 1.84 bits per heavy atom. The van der Waals surface area contributed by atoms with E-state index in [1.165, 1.54) is 11.8 Å². The van der Waals surface area contributed by atoms with Crippen LogP contribution in [0.15, 0.2) is 54.2 Å². The molecule has 2 aromatic carbocycles. The van der Waals surface area contributed by atoms with Gasteiger partial charge in [0.1, 0.15) is 23.5 Å². The third-order valence-corrected chi connectivity index (χ3v) is 3.96. The summed E-state index contributed by atoms with van der Waals surface area (Å²) in [6.07, 6.45) is 1.39. The molecule has 3 rings (SSSR count). The van der Waals surface area contributed by atoms with Gasteiger partial charge in [-0.3, -0.25) is 0 Å². The summed E-state index contributed by atoms with van der Waals surface area (Å²) in [7, 11) is 0. The number of rotatable bonds is 4. The fourth-order valence-corrected chi connectivity index (χ4v) is 2.49. The normalized spacial score (nSPS) is 10.3. The number of imidazole rings is 1. The molecule has 5 heteroatoms. The third-order valence-electron chi connectivity index (χ3n) is 3.96. The predicted molar refractivity (Wildman–Crippen MR) is 98.6 cm³/mol. The van der Waals surface area contributed by atoms with Crippen LogP contribution in [0.3, 0.4) is 0 Å². The predicted octanol–water partition coefficient (Wildman–Crippen LogP) is 4.70. The first-order valence-electron chi connectivity index (χ1n) is 7.97. The Bertz CT molecular complexity index is 995. The van der Waals surface area contributed by atoms with E-state index in [1.807, 2.05) is 42.5 Å². The maximum Gasteiger partial charge on any atom is 0.145 e. The highest BCUT2D eigenvalue weighted by molar-refractivity contribution is 5.80. The van der Waals surface area contributed by atoms with Crippen molar-refractivity contribution >= 4 is 16.7 Å². The Balaban J connectivity index is 1.85. The number of benzene rings is 2. The molecule has 1 aromatic heterocycles. The van der Waals surface area contributed by atoms with E-state index >= 15 is 0 Å². The number of aromatic amines is 1. The van der Waals surface area contributed by atoms with Gasteiger partial charge in [-0.2, -0.15) is 10.5 Å². The van der Waals surface area contributed by atoms with Gasteiger partial charge in [0, 0.05) is 17.5 Å². The fraction of sp³-hybridized carbons (Fsp3) is 0.150. The molecule has 0 saturated heterocycles. The summed E-state index contributed by atoms with van der Waals surface area (Å²) >= 11 is 0. The summed E-state index contributed by atoms with van der Waals surface area (Å²) in [5.41, 5.74) is 5.04. The lowest BCUT2D eigenvalue weighted by molar-refractivity contribution is 0.868.